The quantitative estimate of drug-likeness (QED) is 0.419. The van der Waals surface area contributed by atoms with Gasteiger partial charge in [0.1, 0.15) is 17.8 Å². The molecular formula is C13H20O3. The fourth-order valence-corrected chi connectivity index (χ4v) is 1.75. The Kier molecular flexibility index (Phi) is 4.27. The average molecular weight is 224 g/mol. The van der Waals surface area contributed by atoms with Gasteiger partial charge in [-0.05, 0) is 40.0 Å². The molecule has 0 heterocycles. The first-order valence-corrected chi connectivity index (χ1v) is 5.78. The van der Waals surface area contributed by atoms with E-state index in [1.807, 2.05) is 0 Å². The summed E-state index contributed by atoms with van der Waals surface area (Å²) in [6, 6.07) is 0. The highest BCUT2D eigenvalue weighted by Gasteiger charge is 2.19. The van der Waals surface area contributed by atoms with Crippen LogP contribution >= 0.6 is 0 Å². The van der Waals surface area contributed by atoms with E-state index in [2.05, 4.69) is 6.08 Å². The van der Waals surface area contributed by atoms with Crippen LogP contribution in [-0.4, -0.2) is 17.4 Å². The van der Waals surface area contributed by atoms with Crippen LogP contribution in [-0.2, 0) is 14.3 Å². The fourth-order valence-electron chi connectivity index (χ4n) is 1.75. The van der Waals surface area contributed by atoms with Crippen LogP contribution in [0.2, 0.25) is 0 Å². The van der Waals surface area contributed by atoms with E-state index in [-0.39, 0.29) is 12.2 Å². The second kappa shape index (κ2) is 5.28. The van der Waals surface area contributed by atoms with Crippen molar-refractivity contribution in [2.45, 2.75) is 58.5 Å². The third kappa shape index (κ3) is 5.10. The number of allylic oxidation sites excluding steroid dienone is 2. The average Bonchev–Trinajstić information content (AvgIpc) is 2.51. The summed E-state index contributed by atoms with van der Waals surface area (Å²) in [6.07, 6.45) is 5.62. The van der Waals surface area contributed by atoms with Crippen LogP contribution in [0.25, 0.3) is 0 Å². The lowest BCUT2D eigenvalue weighted by atomic mass is 10.1. The molecule has 0 amide bonds. The Morgan fingerprint density at radius 3 is 2.56 bits per heavy atom. The molecule has 90 valence electrons. The van der Waals surface area contributed by atoms with Gasteiger partial charge in [-0.1, -0.05) is 11.6 Å². The van der Waals surface area contributed by atoms with E-state index in [0.29, 0.717) is 6.42 Å². The van der Waals surface area contributed by atoms with Crippen molar-refractivity contribution in [2.75, 3.05) is 0 Å². The third-order valence-electron chi connectivity index (χ3n) is 2.32. The molecule has 0 spiro atoms. The smallest absolute Gasteiger partial charge is 0.313 e. The first-order valence-electron chi connectivity index (χ1n) is 5.78. The van der Waals surface area contributed by atoms with E-state index >= 15 is 0 Å². The van der Waals surface area contributed by atoms with Gasteiger partial charge in [0.2, 0.25) is 0 Å². The Hall–Kier alpha value is -1.12. The molecular weight excluding hydrogens is 204 g/mol. The Bertz CT molecular complexity index is 308. The summed E-state index contributed by atoms with van der Waals surface area (Å²) in [7, 11) is 0. The van der Waals surface area contributed by atoms with Crippen molar-refractivity contribution in [1.29, 1.82) is 0 Å². The van der Waals surface area contributed by atoms with Gasteiger partial charge in [0.15, 0.2) is 0 Å². The molecule has 0 atom stereocenters. The molecule has 3 nitrogen and oxygen atoms in total. The van der Waals surface area contributed by atoms with E-state index in [0.717, 1.165) is 19.3 Å². The molecule has 1 rings (SSSR count). The summed E-state index contributed by atoms with van der Waals surface area (Å²) in [4.78, 5) is 22.9. The van der Waals surface area contributed by atoms with Crippen molar-refractivity contribution in [3.8, 4) is 0 Å². The number of carbonyl (C=O) groups excluding carboxylic acids is 2. The van der Waals surface area contributed by atoms with Crippen LogP contribution in [0.3, 0.4) is 0 Å². The van der Waals surface area contributed by atoms with E-state index in [1.165, 1.54) is 5.57 Å². The van der Waals surface area contributed by atoms with Gasteiger partial charge >= 0.3 is 5.97 Å². The SMILES string of the molecule is CC(C)(C)OC(=O)CC(=O)CC1=CCCC1. The van der Waals surface area contributed by atoms with Gasteiger partial charge in [-0.2, -0.15) is 0 Å². The molecule has 0 aromatic heterocycles. The molecule has 0 aromatic rings. The van der Waals surface area contributed by atoms with Gasteiger partial charge in [0.05, 0.1) is 0 Å². The number of ketones is 1. The van der Waals surface area contributed by atoms with Gasteiger partial charge in [0.25, 0.3) is 0 Å². The number of Topliss-reactive ketones (excluding diaryl/α,β-unsaturated/α-hetero) is 1. The van der Waals surface area contributed by atoms with Crippen molar-refractivity contribution in [3.63, 3.8) is 0 Å². The normalized spacial score (nSPS) is 15.8. The molecule has 0 aromatic carbocycles. The lowest BCUT2D eigenvalue weighted by Crippen LogP contribution is -2.25. The highest BCUT2D eigenvalue weighted by atomic mass is 16.6. The summed E-state index contributed by atoms with van der Waals surface area (Å²) < 4.78 is 5.09. The zero-order chi connectivity index (χ0) is 12.2. The minimum absolute atomic E-state index is 0.0394. The standard InChI is InChI=1S/C13H20O3/c1-13(2,3)16-12(15)9-11(14)8-10-6-4-5-7-10/h6H,4-5,7-9H2,1-3H3. The van der Waals surface area contributed by atoms with Crippen LogP contribution in [0.5, 0.6) is 0 Å². The number of ether oxygens (including phenoxy) is 1. The minimum atomic E-state index is -0.510. The number of hydrogen-bond acceptors (Lipinski definition) is 3. The fraction of sp³-hybridized carbons (Fsp3) is 0.692. The van der Waals surface area contributed by atoms with Gasteiger partial charge in [-0.3, -0.25) is 9.59 Å². The Labute approximate surface area is 96.9 Å². The molecule has 0 N–H and O–H groups in total. The van der Waals surface area contributed by atoms with Crippen molar-refractivity contribution >= 4 is 11.8 Å². The van der Waals surface area contributed by atoms with Crippen molar-refractivity contribution in [3.05, 3.63) is 11.6 Å². The lowest BCUT2D eigenvalue weighted by molar-refractivity contribution is -0.156. The topological polar surface area (TPSA) is 43.4 Å². The van der Waals surface area contributed by atoms with Crippen LogP contribution in [0.15, 0.2) is 11.6 Å². The Morgan fingerprint density at radius 1 is 1.38 bits per heavy atom. The number of rotatable bonds is 4. The first-order chi connectivity index (χ1) is 7.37. The number of carbonyl (C=O) groups is 2. The highest BCUT2D eigenvalue weighted by Crippen LogP contribution is 2.21. The highest BCUT2D eigenvalue weighted by molar-refractivity contribution is 5.96. The Balaban J connectivity index is 2.31. The molecule has 16 heavy (non-hydrogen) atoms. The van der Waals surface area contributed by atoms with Gasteiger partial charge in [-0.15, -0.1) is 0 Å². The van der Waals surface area contributed by atoms with Crippen LogP contribution < -0.4 is 0 Å². The summed E-state index contributed by atoms with van der Waals surface area (Å²) >= 11 is 0. The molecule has 1 aliphatic rings. The maximum atomic E-state index is 11.6. The molecule has 0 saturated heterocycles. The Morgan fingerprint density at radius 2 is 2.06 bits per heavy atom. The molecule has 3 heteroatoms. The summed E-state index contributed by atoms with van der Waals surface area (Å²) in [5.41, 5.74) is 0.665. The number of hydrogen-bond donors (Lipinski definition) is 0. The van der Waals surface area contributed by atoms with E-state index in [9.17, 15) is 9.59 Å². The van der Waals surface area contributed by atoms with E-state index in [4.69, 9.17) is 4.74 Å². The van der Waals surface area contributed by atoms with Crippen LogP contribution in [0, 0.1) is 0 Å². The predicted molar refractivity (Wildman–Crippen MR) is 62.0 cm³/mol. The molecule has 0 fully saturated rings. The van der Waals surface area contributed by atoms with E-state index in [1.54, 1.807) is 20.8 Å². The van der Waals surface area contributed by atoms with Crippen molar-refractivity contribution in [2.24, 2.45) is 0 Å². The molecule has 0 aliphatic heterocycles. The third-order valence-corrected chi connectivity index (χ3v) is 2.32. The first kappa shape index (κ1) is 12.9. The minimum Gasteiger partial charge on any atom is -0.460 e. The zero-order valence-corrected chi connectivity index (χ0v) is 10.3. The van der Waals surface area contributed by atoms with Gasteiger partial charge < -0.3 is 4.74 Å². The van der Waals surface area contributed by atoms with Crippen molar-refractivity contribution in [1.82, 2.24) is 0 Å². The summed E-state index contributed by atoms with van der Waals surface area (Å²) in [5.74, 6) is -0.460. The largest absolute Gasteiger partial charge is 0.460 e. The monoisotopic (exact) mass is 224 g/mol. The van der Waals surface area contributed by atoms with Crippen LogP contribution in [0.4, 0.5) is 0 Å². The van der Waals surface area contributed by atoms with Crippen LogP contribution in [0.1, 0.15) is 52.9 Å². The molecule has 1 aliphatic carbocycles. The summed E-state index contributed by atoms with van der Waals surface area (Å²) in [5, 5.41) is 0. The van der Waals surface area contributed by atoms with Gasteiger partial charge in [0, 0.05) is 6.42 Å². The van der Waals surface area contributed by atoms with E-state index < -0.39 is 11.6 Å². The molecule has 0 bridgehead atoms. The molecule has 0 radical (unpaired) electrons. The van der Waals surface area contributed by atoms with Crippen molar-refractivity contribution < 1.29 is 14.3 Å². The zero-order valence-electron chi connectivity index (χ0n) is 10.3. The number of esters is 1. The molecule has 0 unspecified atom stereocenters. The molecule has 0 saturated carbocycles. The second-order valence-electron chi connectivity index (χ2n) is 5.23. The maximum Gasteiger partial charge on any atom is 0.313 e. The second-order valence-corrected chi connectivity index (χ2v) is 5.23. The van der Waals surface area contributed by atoms with Gasteiger partial charge in [-0.25, -0.2) is 0 Å². The lowest BCUT2D eigenvalue weighted by Gasteiger charge is -2.19. The predicted octanol–water partition coefficient (Wildman–Crippen LogP) is 2.79. The summed E-state index contributed by atoms with van der Waals surface area (Å²) in [6.45, 7) is 5.40. The maximum absolute atomic E-state index is 11.6.